The summed E-state index contributed by atoms with van der Waals surface area (Å²) in [6.45, 7) is 5.55. The number of amides is 1. The van der Waals surface area contributed by atoms with Crippen molar-refractivity contribution in [3.05, 3.63) is 68.9 Å². The zero-order valence-electron chi connectivity index (χ0n) is 16.2. The van der Waals surface area contributed by atoms with Crippen molar-refractivity contribution >= 4 is 50.9 Å². The molecule has 0 unspecified atom stereocenters. The maximum absolute atomic E-state index is 12.0. The van der Waals surface area contributed by atoms with Crippen molar-refractivity contribution < 1.29 is 14.3 Å². The largest absolute Gasteiger partial charge is 0.452 e. The first-order valence-corrected chi connectivity index (χ1v) is 10.5. The van der Waals surface area contributed by atoms with Crippen LogP contribution in [0.5, 0.6) is 0 Å². The molecule has 0 aliphatic rings. The Labute approximate surface area is 181 Å². The highest BCUT2D eigenvalue weighted by atomic mass is 79.9. The van der Waals surface area contributed by atoms with E-state index in [1.807, 2.05) is 48.9 Å². The van der Waals surface area contributed by atoms with Crippen LogP contribution in [-0.2, 0) is 14.3 Å². The van der Waals surface area contributed by atoms with Gasteiger partial charge in [-0.1, -0.05) is 6.07 Å². The minimum Gasteiger partial charge on any atom is -0.452 e. The average Bonchev–Trinajstić information content (AvgIpc) is 3.28. The number of hydrogen-bond acceptors (Lipinski definition) is 5. The Kier molecular flexibility index (Phi) is 6.66. The molecule has 3 rings (SSSR count). The van der Waals surface area contributed by atoms with Crippen molar-refractivity contribution in [1.82, 2.24) is 9.55 Å². The molecule has 0 spiro atoms. The molecule has 1 amide bonds. The average molecular weight is 474 g/mol. The Bertz CT molecular complexity index is 1070. The van der Waals surface area contributed by atoms with E-state index in [4.69, 9.17) is 4.74 Å². The molecule has 3 aromatic rings. The molecule has 8 heteroatoms. The normalized spacial score (nSPS) is 11.0. The van der Waals surface area contributed by atoms with Gasteiger partial charge in [0.1, 0.15) is 0 Å². The maximum Gasteiger partial charge on any atom is 0.331 e. The minimum absolute atomic E-state index is 0.359. The molecule has 0 aliphatic heterocycles. The van der Waals surface area contributed by atoms with Crippen LogP contribution in [0.25, 0.3) is 11.2 Å². The fourth-order valence-corrected chi connectivity index (χ4v) is 4.17. The number of aryl methyl sites for hydroxylation is 2. The summed E-state index contributed by atoms with van der Waals surface area (Å²) >= 11 is 4.94. The summed E-state index contributed by atoms with van der Waals surface area (Å²) in [4.78, 5) is 28.3. The second-order valence-electron chi connectivity index (χ2n) is 6.45. The van der Waals surface area contributed by atoms with Crippen molar-refractivity contribution in [2.75, 3.05) is 11.9 Å². The van der Waals surface area contributed by atoms with E-state index >= 15 is 0 Å². The van der Waals surface area contributed by atoms with Gasteiger partial charge in [-0.25, -0.2) is 9.78 Å². The number of esters is 1. The molecule has 0 fully saturated rings. The molecule has 0 bridgehead atoms. The maximum atomic E-state index is 12.0. The highest BCUT2D eigenvalue weighted by Gasteiger charge is 2.12. The van der Waals surface area contributed by atoms with Gasteiger partial charge in [-0.2, -0.15) is 0 Å². The molecule has 0 saturated heterocycles. The number of carbonyl (C=O) groups is 2. The predicted molar refractivity (Wildman–Crippen MR) is 118 cm³/mol. The van der Waals surface area contributed by atoms with Crippen LogP contribution in [0.15, 0.2) is 46.4 Å². The number of benzene rings is 1. The molecule has 0 radical (unpaired) electrons. The summed E-state index contributed by atoms with van der Waals surface area (Å²) in [7, 11) is 0. The number of carbonyl (C=O) groups excluding carboxylic acids is 2. The van der Waals surface area contributed by atoms with E-state index in [2.05, 4.69) is 26.2 Å². The summed E-state index contributed by atoms with van der Waals surface area (Å²) in [5.41, 5.74) is 4.59. The minimum atomic E-state index is -0.581. The number of aromatic nitrogens is 2. The number of ether oxygens (including phenoxy) is 1. The fraction of sp³-hybridized carbons (Fsp3) is 0.190. The number of nitrogens with zero attached hydrogens (tertiary/aromatic N) is 2. The van der Waals surface area contributed by atoms with Crippen LogP contribution < -0.4 is 5.32 Å². The van der Waals surface area contributed by atoms with Crippen molar-refractivity contribution in [3.8, 4) is 5.13 Å². The van der Waals surface area contributed by atoms with Crippen LogP contribution >= 0.6 is 27.3 Å². The lowest BCUT2D eigenvalue weighted by Crippen LogP contribution is -2.20. The number of hydrogen-bond donors (Lipinski definition) is 1. The van der Waals surface area contributed by atoms with Gasteiger partial charge in [0.05, 0.1) is 5.69 Å². The van der Waals surface area contributed by atoms with Gasteiger partial charge >= 0.3 is 5.97 Å². The Morgan fingerprint density at radius 2 is 2.07 bits per heavy atom. The fourth-order valence-electron chi connectivity index (χ4n) is 2.83. The predicted octanol–water partition coefficient (Wildman–Crippen LogP) is 4.82. The molecule has 6 nitrogen and oxygen atoms in total. The lowest BCUT2D eigenvalue weighted by Gasteiger charge is -2.08. The highest BCUT2D eigenvalue weighted by Crippen LogP contribution is 2.24. The number of thiazole rings is 1. The van der Waals surface area contributed by atoms with E-state index in [1.54, 1.807) is 29.7 Å². The molecule has 2 heterocycles. The van der Waals surface area contributed by atoms with Crippen molar-refractivity contribution in [2.45, 2.75) is 20.8 Å². The van der Waals surface area contributed by atoms with E-state index in [9.17, 15) is 9.59 Å². The van der Waals surface area contributed by atoms with Gasteiger partial charge in [0, 0.05) is 33.5 Å². The van der Waals surface area contributed by atoms with Gasteiger partial charge in [0.25, 0.3) is 5.91 Å². The standard InChI is InChI=1S/C21H20BrN3O3S/c1-13-4-6-18(17(22)10-13)24-19(26)12-28-20(27)7-5-16-11-14(2)25(15(16)3)21-23-8-9-29-21/h4-11H,12H2,1-3H3,(H,24,26)/b7-5+. The van der Waals surface area contributed by atoms with E-state index in [1.165, 1.54) is 6.08 Å². The first kappa shape index (κ1) is 21.0. The van der Waals surface area contributed by atoms with Crippen LogP contribution in [0, 0.1) is 20.8 Å². The number of nitrogens with one attached hydrogen (secondary N) is 1. The van der Waals surface area contributed by atoms with Gasteiger partial charge in [0.15, 0.2) is 11.7 Å². The Morgan fingerprint density at radius 1 is 1.28 bits per heavy atom. The lowest BCUT2D eigenvalue weighted by atomic mass is 10.2. The zero-order valence-corrected chi connectivity index (χ0v) is 18.6. The second kappa shape index (κ2) is 9.19. The van der Waals surface area contributed by atoms with Gasteiger partial charge < -0.3 is 10.1 Å². The molecule has 150 valence electrons. The van der Waals surface area contributed by atoms with Crippen LogP contribution in [0.4, 0.5) is 5.69 Å². The molecule has 1 aromatic carbocycles. The van der Waals surface area contributed by atoms with Crippen LogP contribution in [0.3, 0.4) is 0 Å². The van der Waals surface area contributed by atoms with E-state index < -0.39 is 11.9 Å². The molecule has 0 aliphatic carbocycles. The van der Waals surface area contributed by atoms with Crippen molar-refractivity contribution in [1.29, 1.82) is 0 Å². The summed E-state index contributed by atoms with van der Waals surface area (Å²) < 4.78 is 7.84. The topological polar surface area (TPSA) is 73.2 Å². The Morgan fingerprint density at radius 3 is 2.76 bits per heavy atom. The van der Waals surface area contributed by atoms with Crippen LogP contribution in [-0.4, -0.2) is 28.0 Å². The Hall–Kier alpha value is -2.71. The third kappa shape index (κ3) is 5.21. The third-order valence-corrected chi connectivity index (χ3v) is 5.64. The highest BCUT2D eigenvalue weighted by molar-refractivity contribution is 9.10. The molecule has 29 heavy (non-hydrogen) atoms. The van der Waals surface area contributed by atoms with Crippen LogP contribution in [0.1, 0.15) is 22.5 Å². The first-order chi connectivity index (χ1) is 13.8. The van der Waals surface area contributed by atoms with E-state index in [0.29, 0.717) is 5.69 Å². The number of anilines is 1. The van der Waals surface area contributed by atoms with Gasteiger partial charge in [0.2, 0.25) is 0 Å². The summed E-state index contributed by atoms with van der Waals surface area (Å²) in [6.07, 6.45) is 4.76. The van der Waals surface area contributed by atoms with Gasteiger partial charge in [-0.05, 0) is 72.1 Å². The van der Waals surface area contributed by atoms with E-state index in [0.717, 1.165) is 32.1 Å². The second-order valence-corrected chi connectivity index (χ2v) is 8.18. The summed E-state index contributed by atoms with van der Waals surface area (Å²) in [5, 5.41) is 5.50. The zero-order chi connectivity index (χ0) is 21.0. The van der Waals surface area contributed by atoms with Crippen molar-refractivity contribution in [2.24, 2.45) is 0 Å². The van der Waals surface area contributed by atoms with Crippen molar-refractivity contribution in [3.63, 3.8) is 0 Å². The van der Waals surface area contributed by atoms with Gasteiger partial charge in [-0.15, -0.1) is 11.3 Å². The SMILES string of the molecule is Cc1ccc(NC(=O)COC(=O)/C=C/c2cc(C)n(-c3nccs3)c2C)c(Br)c1. The molecule has 1 N–H and O–H groups in total. The smallest absolute Gasteiger partial charge is 0.331 e. The summed E-state index contributed by atoms with van der Waals surface area (Å²) in [6, 6.07) is 7.54. The summed E-state index contributed by atoms with van der Waals surface area (Å²) in [5.74, 6) is -0.986. The molecule has 2 aromatic heterocycles. The molecular formula is C21H20BrN3O3S. The molecule has 0 atom stereocenters. The number of rotatable bonds is 6. The molecule has 0 saturated carbocycles. The Balaban J connectivity index is 1.57. The van der Waals surface area contributed by atoms with Gasteiger partial charge in [-0.3, -0.25) is 9.36 Å². The lowest BCUT2D eigenvalue weighted by molar-refractivity contribution is -0.142. The quantitative estimate of drug-likeness (QED) is 0.411. The third-order valence-electron chi connectivity index (χ3n) is 4.22. The van der Waals surface area contributed by atoms with Crippen LogP contribution in [0.2, 0.25) is 0 Å². The first-order valence-electron chi connectivity index (χ1n) is 8.85. The number of halogens is 1. The van der Waals surface area contributed by atoms with E-state index in [-0.39, 0.29) is 6.61 Å². The molecular weight excluding hydrogens is 454 g/mol. The monoisotopic (exact) mass is 473 g/mol.